The minimum Gasteiger partial charge on any atom is -0.448 e. The molecule has 0 radical (unpaired) electrons. The highest BCUT2D eigenvalue weighted by atomic mass is 16.5. The van der Waals surface area contributed by atoms with E-state index in [1.165, 1.54) is 0 Å². The van der Waals surface area contributed by atoms with E-state index in [0.29, 0.717) is 36.3 Å². The lowest BCUT2D eigenvalue weighted by Gasteiger charge is -2.24. The van der Waals surface area contributed by atoms with Crippen molar-refractivity contribution in [2.24, 2.45) is 0 Å². The zero-order valence-corrected chi connectivity index (χ0v) is 15.4. The summed E-state index contributed by atoms with van der Waals surface area (Å²) in [6, 6.07) is 13.9. The van der Waals surface area contributed by atoms with Gasteiger partial charge in [0.1, 0.15) is 0 Å². The van der Waals surface area contributed by atoms with Crippen molar-refractivity contribution in [1.29, 1.82) is 0 Å². The molecule has 1 unspecified atom stereocenters. The van der Waals surface area contributed by atoms with Crippen LogP contribution >= 0.6 is 0 Å². The Bertz CT molecular complexity index is 874. The van der Waals surface area contributed by atoms with Crippen LogP contribution in [0, 0.1) is 0 Å². The van der Waals surface area contributed by atoms with Crippen LogP contribution in [0.1, 0.15) is 40.1 Å². The smallest absolute Gasteiger partial charge is 0.339 e. The molecule has 1 aliphatic rings. The predicted molar refractivity (Wildman–Crippen MR) is 102 cm³/mol. The molecule has 6 nitrogen and oxygen atoms in total. The van der Waals surface area contributed by atoms with Crippen LogP contribution < -0.4 is 5.32 Å². The zero-order valence-electron chi connectivity index (χ0n) is 15.4. The van der Waals surface area contributed by atoms with Gasteiger partial charge in [0.15, 0.2) is 6.10 Å². The maximum absolute atomic E-state index is 12.6. The monoisotopic (exact) mass is 366 g/mol. The van der Waals surface area contributed by atoms with Gasteiger partial charge in [-0.2, -0.15) is 0 Å². The summed E-state index contributed by atoms with van der Waals surface area (Å²) in [7, 11) is 0. The third-order valence-corrected chi connectivity index (χ3v) is 4.61. The van der Waals surface area contributed by atoms with E-state index in [1.807, 2.05) is 26.0 Å². The van der Waals surface area contributed by atoms with E-state index in [0.717, 1.165) is 5.56 Å². The fourth-order valence-corrected chi connectivity index (χ4v) is 3.12. The topological polar surface area (TPSA) is 75.7 Å². The van der Waals surface area contributed by atoms with E-state index in [-0.39, 0.29) is 5.91 Å². The van der Waals surface area contributed by atoms with E-state index in [1.54, 1.807) is 41.3 Å². The van der Waals surface area contributed by atoms with E-state index < -0.39 is 18.0 Å². The van der Waals surface area contributed by atoms with Gasteiger partial charge in [0.2, 0.25) is 0 Å². The van der Waals surface area contributed by atoms with Crippen molar-refractivity contribution >= 4 is 23.5 Å². The van der Waals surface area contributed by atoms with E-state index in [4.69, 9.17) is 4.74 Å². The predicted octanol–water partition coefficient (Wildman–Crippen LogP) is 2.89. The summed E-state index contributed by atoms with van der Waals surface area (Å²) < 4.78 is 5.27. The molecule has 2 aromatic rings. The number of nitrogens with one attached hydrogen (secondary N) is 1. The average Bonchev–Trinajstić information content (AvgIpc) is 2.69. The lowest BCUT2D eigenvalue weighted by molar-refractivity contribution is -0.125. The molecule has 0 bridgehead atoms. The molecule has 0 saturated heterocycles. The highest BCUT2D eigenvalue weighted by molar-refractivity contribution is 6.01. The summed E-state index contributed by atoms with van der Waals surface area (Å²) in [5.41, 5.74) is 2.28. The van der Waals surface area contributed by atoms with Crippen molar-refractivity contribution in [3.8, 4) is 0 Å². The quantitative estimate of drug-likeness (QED) is 0.826. The van der Waals surface area contributed by atoms with Crippen molar-refractivity contribution in [3.05, 3.63) is 65.2 Å². The van der Waals surface area contributed by atoms with Gasteiger partial charge in [-0.25, -0.2) is 4.79 Å². The van der Waals surface area contributed by atoms with Crippen LogP contribution in [0.25, 0.3) is 0 Å². The molecule has 0 aromatic heterocycles. The van der Waals surface area contributed by atoms with E-state index in [9.17, 15) is 14.4 Å². The number of fused-ring (bicyclic) bond motifs is 1. The van der Waals surface area contributed by atoms with Gasteiger partial charge in [0.25, 0.3) is 11.8 Å². The van der Waals surface area contributed by atoms with Crippen molar-refractivity contribution < 1.29 is 19.1 Å². The summed E-state index contributed by atoms with van der Waals surface area (Å²) >= 11 is 0. The molecule has 2 aromatic carbocycles. The number of rotatable bonds is 5. The molecule has 27 heavy (non-hydrogen) atoms. The summed E-state index contributed by atoms with van der Waals surface area (Å²) in [6.45, 7) is 5.07. The molecule has 3 rings (SSSR count). The number of nitrogens with zero attached hydrogens (tertiary/aromatic N) is 1. The highest BCUT2D eigenvalue weighted by Gasteiger charge is 2.31. The van der Waals surface area contributed by atoms with Crippen molar-refractivity contribution in [1.82, 2.24) is 4.90 Å². The number of benzene rings is 2. The molecule has 2 amide bonds. The maximum atomic E-state index is 12.6. The lowest BCUT2D eigenvalue weighted by atomic mass is 9.98. The Morgan fingerprint density at radius 2 is 1.85 bits per heavy atom. The first-order chi connectivity index (χ1) is 13.0. The second-order valence-corrected chi connectivity index (χ2v) is 6.30. The molecule has 6 heteroatoms. The largest absolute Gasteiger partial charge is 0.448 e. The summed E-state index contributed by atoms with van der Waals surface area (Å²) in [5.74, 6) is -0.998. The van der Waals surface area contributed by atoms with Crippen LogP contribution in [0.15, 0.2) is 48.5 Å². The molecule has 0 aliphatic carbocycles. The maximum Gasteiger partial charge on any atom is 0.339 e. The van der Waals surface area contributed by atoms with Crippen LogP contribution in [0.2, 0.25) is 0 Å². The highest BCUT2D eigenvalue weighted by Crippen LogP contribution is 2.22. The number of esters is 1. The Hall–Kier alpha value is -3.15. The van der Waals surface area contributed by atoms with Crippen LogP contribution in [0.3, 0.4) is 0 Å². The molecule has 1 heterocycles. The van der Waals surface area contributed by atoms with Crippen LogP contribution in [0.5, 0.6) is 0 Å². The number of hydrogen-bond donors (Lipinski definition) is 1. The Kier molecular flexibility index (Phi) is 5.54. The first-order valence-corrected chi connectivity index (χ1v) is 9.02. The van der Waals surface area contributed by atoms with Gasteiger partial charge in [-0.05, 0) is 43.7 Å². The van der Waals surface area contributed by atoms with Gasteiger partial charge in [0.05, 0.1) is 5.56 Å². The Balaban J connectivity index is 1.73. The number of carbonyl (C=O) groups excluding carboxylic acids is 3. The Morgan fingerprint density at radius 1 is 1.11 bits per heavy atom. The lowest BCUT2D eigenvalue weighted by Crippen LogP contribution is -2.38. The second-order valence-electron chi connectivity index (χ2n) is 6.30. The first-order valence-electron chi connectivity index (χ1n) is 9.02. The fourth-order valence-electron chi connectivity index (χ4n) is 3.12. The van der Waals surface area contributed by atoms with Crippen LogP contribution in [-0.2, 0) is 16.0 Å². The molecule has 0 saturated carbocycles. The van der Waals surface area contributed by atoms with Gasteiger partial charge < -0.3 is 15.0 Å². The van der Waals surface area contributed by atoms with E-state index >= 15 is 0 Å². The molecule has 0 spiro atoms. The van der Waals surface area contributed by atoms with Crippen molar-refractivity contribution in [2.75, 3.05) is 18.4 Å². The van der Waals surface area contributed by atoms with Crippen molar-refractivity contribution in [2.45, 2.75) is 26.4 Å². The SMILES string of the molecule is CCN(CC)C(=O)c1cccc(NC(=O)C2Cc3ccccc3C(=O)O2)c1. The van der Waals surface area contributed by atoms with Crippen LogP contribution in [-0.4, -0.2) is 41.9 Å². The van der Waals surface area contributed by atoms with Gasteiger partial charge in [-0.1, -0.05) is 24.3 Å². The average molecular weight is 366 g/mol. The third-order valence-electron chi connectivity index (χ3n) is 4.61. The molecular weight excluding hydrogens is 344 g/mol. The minimum atomic E-state index is -0.894. The number of hydrogen-bond acceptors (Lipinski definition) is 4. The van der Waals surface area contributed by atoms with Gasteiger partial charge in [0, 0.05) is 30.8 Å². The summed E-state index contributed by atoms with van der Waals surface area (Å²) in [4.78, 5) is 38.8. The molecule has 1 aliphatic heterocycles. The molecule has 1 N–H and O–H groups in total. The first kappa shape index (κ1) is 18.6. The van der Waals surface area contributed by atoms with Gasteiger partial charge in [-0.15, -0.1) is 0 Å². The summed E-state index contributed by atoms with van der Waals surface area (Å²) in [5, 5.41) is 2.75. The number of amides is 2. The summed E-state index contributed by atoms with van der Waals surface area (Å²) in [6.07, 6.45) is -0.569. The number of cyclic esters (lactones) is 1. The minimum absolute atomic E-state index is 0.0888. The van der Waals surface area contributed by atoms with Crippen molar-refractivity contribution in [3.63, 3.8) is 0 Å². The zero-order chi connectivity index (χ0) is 19.4. The Labute approximate surface area is 158 Å². The van der Waals surface area contributed by atoms with Gasteiger partial charge >= 0.3 is 5.97 Å². The fraction of sp³-hybridized carbons (Fsp3) is 0.286. The second kappa shape index (κ2) is 8.03. The van der Waals surface area contributed by atoms with Crippen LogP contribution in [0.4, 0.5) is 5.69 Å². The standard InChI is InChI=1S/C21H22N2O4/c1-3-23(4-2)20(25)15-9-7-10-16(12-15)22-19(24)18-13-14-8-5-6-11-17(14)21(26)27-18/h5-12,18H,3-4,13H2,1-2H3,(H,22,24). The molecule has 0 fully saturated rings. The number of carbonyl (C=O) groups is 3. The molecule has 140 valence electrons. The normalized spacial score (nSPS) is 15.5. The van der Waals surface area contributed by atoms with Gasteiger partial charge in [-0.3, -0.25) is 9.59 Å². The third kappa shape index (κ3) is 4.00. The number of ether oxygens (including phenoxy) is 1. The molecular formula is C21H22N2O4. The Morgan fingerprint density at radius 3 is 2.59 bits per heavy atom. The number of anilines is 1. The van der Waals surface area contributed by atoms with E-state index in [2.05, 4.69) is 5.32 Å². The molecule has 1 atom stereocenters.